The highest BCUT2D eigenvalue weighted by Crippen LogP contribution is 2.37. The standard InChI is InChI=1S/C18H38N2/c1-6-12-20(17(4)5)15-18(10-8-7-9-11-18)14-19-13-16(2)3/h16-17,19H,6-15H2,1-5H3. The molecule has 1 saturated carbocycles. The number of nitrogens with one attached hydrogen (secondary N) is 1. The van der Waals surface area contributed by atoms with E-state index in [1.165, 1.54) is 58.2 Å². The molecule has 0 aromatic heterocycles. The van der Waals surface area contributed by atoms with Crippen LogP contribution >= 0.6 is 0 Å². The molecular formula is C18H38N2. The van der Waals surface area contributed by atoms with Gasteiger partial charge in [0.15, 0.2) is 0 Å². The summed E-state index contributed by atoms with van der Waals surface area (Å²) in [5, 5.41) is 3.76. The third kappa shape index (κ3) is 6.13. The molecule has 1 rings (SSSR count). The molecule has 1 aliphatic rings. The van der Waals surface area contributed by atoms with Crippen molar-refractivity contribution in [1.29, 1.82) is 0 Å². The summed E-state index contributed by atoms with van der Waals surface area (Å²) in [4.78, 5) is 2.71. The Morgan fingerprint density at radius 1 is 1.05 bits per heavy atom. The molecule has 0 atom stereocenters. The second-order valence-electron chi connectivity index (χ2n) is 7.65. The normalized spacial score (nSPS) is 19.2. The molecule has 1 N–H and O–H groups in total. The zero-order valence-electron chi connectivity index (χ0n) is 14.7. The van der Waals surface area contributed by atoms with Gasteiger partial charge in [0.25, 0.3) is 0 Å². The molecule has 0 spiro atoms. The summed E-state index contributed by atoms with van der Waals surface area (Å²) < 4.78 is 0. The van der Waals surface area contributed by atoms with Gasteiger partial charge in [-0.15, -0.1) is 0 Å². The Morgan fingerprint density at radius 3 is 2.20 bits per heavy atom. The van der Waals surface area contributed by atoms with Gasteiger partial charge in [-0.2, -0.15) is 0 Å². The van der Waals surface area contributed by atoms with Gasteiger partial charge < -0.3 is 10.2 Å². The quantitative estimate of drug-likeness (QED) is 0.678. The second kappa shape index (κ2) is 9.04. The van der Waals surface area contributed by atoms with Crippen molar-refractivity contribution in [3.8, 4) is 0 Å². The van der Waals surface area contributed by atoms with E-state index in [4.69, 9.17) is 0 Å². The van der Waals surface area contributed by atoms with Gasteiger partial charge in [-0.1, -0.05) is 40.0 Å². The summed E-state index contributed by atoms with van der Waals surface area (Å²) in [6, 6.07) is 0.679. The SMILES string of the molecule is CCCN(CC1(CNCC(C)C)CCCCC1)C(C)C. The Hall–Kier alpha value is -0.0800. The summed E-state index contributed by atoms with van der Waals surface area (Å²) in [7, 11) is 0. The molecule has 0 amide bonds. The Labute approximate surface area is 127 Å². The van der Waals surface area contributed by atoms with Crippen molar-refractivity contribution in [3.05, 3.63) is 0 Å². The molecule has 0 radical (unpaired) electrons. The summed E-state index contributed by atoms with van der Waals surface area (Å²) in [6.07, 6.45) is 8.42. The highest BCUT2D eigenvalue weighted by molar-refractivity contribution is 4.88. The van der Waals surface area contributed by atoms with Crippen molar-refractivity contribution in [3.63, 3.8) is 0 Å². The Kier molecular flexibility index (Phi) is 8.13. The molecule has 0 aliphatic heterocycles. The van der Waals surface area contributed by atoms with Crippen LogP contribution < -0.4 is 5.32 Å². The first-order chi connectivity index (χ1) is 9.49. The predicted octanol–water partition coefficient (Wildman–Crippen LogP) is 4.30. The molecule has 0 saturated heterocycles. The highest BCUT2D eigenvalue weighted by Gasteiger charge is 2.34. The second-order valence-corrected chi connectivity index (χ2v) is 7.65. The van der Waals surface area contributed by atoms with Crippen LogP contribution in [0.25, 0.3) is 0 Å². The topological polar surface area (TPSA) is 15.3 Å². The molecular weight excluding hydrogens is 244 g/mol. The molecule has 120 valence electrons. The molecule has 0 bridgehead atoms. The van der Waals surface area contributed by atoms with Gasteiger partial charge in [0.1, 0.15) is 0 Å². The highest BCUT2D eigenvalue weighted by atomic mass is 15.2. The first-order valence-corrected chi connectivity index (χ1v) is 8.94. The lowest BCUT2D eigenvalue weighted by Crippen LogP contribution is -2.48. The minimum absolute atomic E-state index is 0.534. The van der Waals surface area contributed by atoms with Crippen molar-refractivity contribution < 1.29 is 0 Å². The lowest BCUT2D eigenvalue weighted by Gasteiger charge is -2.43. The van der Waals surface area contributed by atoms with Crippen molar-refractivity contribution in [2.45, 2.75) is 79.2 Å². The molecule has 20 heavy (non-hydrogen) atoms. The minimum atomic E-state index is 0.534. The number of nitrogens with zero attached hydrogens (tertiary/aromatic N) is 1. The van der Waals surface area contributed by atoms with Crippen molar-refractivity contribution in [2.75, 3.05) is 26.2 Å². The van der Waals surface area contributed by atoms with Crippen LogP contribution in [0.2, 0.25) is 0 Å². The fourth-order valence-corrected chi connectivity index (χ4v) is 3.56. The first-order valence-electron chi connectivity index (χ1n) is 8.94. The summed E-state index contributed by atoms with van der Waals surface area (Å²) in [5.74, 6) is 0.757. The van der Waals surface area contributed by atoms with Gasteiger partial charge in [-0.05, 0) is 57.5 Å². The van der Waals surface area contributed by atoms with Crippen molar-refractivity contribution >= 4 is 0 Å². The molecule has 0 aromatic carbocycles. The van der Waals surface area contributed by atoms with Crippen LogP contribution in [0.3, 0.4) is 0 Å². The molecule has 2 nitrogen and oxygen atoms in total. The Bertz CT molecular complexity index is 242. The van der Waals surface area contributed by atoms with E-state index in [1.807, 2.05) is 0 Å². The molecule has 0 aromatic rings. The van der Waals surface area contributed by atoms with Gasteiger partial charge in [0.2, 0.25) is 0 Å². The molecule has 1 aliphatic carbocycles. The van der Waals surface area contributed by atoms with Crippen LogP contribution in [0.15, 0.2) is 0 Å². The van der Waals surface area contributed by atoms with E-state index < -0.39 is 0 Å². The zero-order valence-corrected chi connectivity index (χ0v) is 14.7. The Morgan fingerprint density at radius 2 is 1.70 bits per heavy atom. The predicted molar refractivity (Wildman–Crippen MR) is 90.2 cm³/mol. The van der Waals surface area contributed by atoms with Gasteiger partial charge in [-0.3, -0.25) is 0 Å². The van der Waals surface area contributed by atoms with Crippen LogP contribution in [-0.2, 0) is 0 Å². The van der Waals surface area contributed by atoms with Crippen LogP contribution in [0.5, 0.6) is 0 Å². The lowest BCUT2D eigenvalue weighted by molar-refractivity contribution is 0.0828. The first kappa shape index (κ1) is 18.0. The van der Waals surface area contributed by atoms with E-state index in [-0.39, 0.29) is 0 Å². The fourth-order valence-electron chi connectivity index (χ4n) is 3.56. The number of rotatable bonds is 9. The van der Waals surface area contributed by atoms with Crippen LogP contribution in [0.1, 0.15) is 73.1 Å². The lowest BCUT2D eigenvalue weighted by atomic mass is 9.73. The average Bonchev–Trinajstić information content (AvgIpc) is 2.39. The number of hydrogen-bond donors (Lipinski definition) is 1. The molecule has 0 heterocycles. The fraction of sp³-hybridized carbons (Fsp3) is 1.00. The van der Waals surface area contributed by atoms with Gasteiger partial charge >= 0.3 is 0 Å². The number of hydrogen-bond acceptors (Lipinski definition) is 2. The maximum absolute atomic E-state index is 3.76. The van der Waals surface area contributed by atoms with E-state index in [0.29, 0.717) is 11.5 Å². The maximum atomic E-state index is 3.76. The largest absolute Gasteiger partial charge is 0.316 e. The zero-order chi connectivity index (χ0) is 15.0. The van der Waals surface area contributed by atoms with Crippen molar-refractivity contribution in [2.24, 2.45) is 11.3 Å². The maximum Gasteiger partial charge on any atom is 0.00528 e. The van der Waals surface area contributed by atoms with E-state index in [1.54, 1.807) is 0 Å². The van der Waals surface area contributed by atoms with Gasteiger partial charge in [0, 0.05) is 19.1 Å². The molecule has 1 fully saturated rings. The van der Waals surface area contributed by atoms with E-state index in [9.17, 15) is 0 Å². The van der Waals surface area contributed by atoms with Crippen LogP contribution in [0.4, 0.5) is 0 Å². The van der Waals surface area contributed by atoms with Crippen LogP contribution in [-0.4, -0.2) is 37.1 Å². The monoisotopic (exact) mass is 282 g/mol. The average molecular weight is 283 g/mol. The van der Waals surface area contributed by atoms with Gasteiger partial charge in [0.05, 0.1) is 0 Å². The molecule has 2 heteroatoms. The third-order valence-electron chi connectivity index (χ3n) is 4.75. The third-order valence-corrected chi connectivity index (χ3v) is 4.75. The van der Waals surface area contributed by atoms with Gasteiger partial charge in [-0.25, -0.2) is 0 Å². The van der Waals surface area contributed by atoms with E-state index in [2.05, 4.69) is 44.8 Å². The Balaban J connectivity index is 2.61. The summed E-state index contributed by atoms with van der Waals surface area (Å²) in [6.45, 7) is 16.6. The van der Waals surface area contributed by atoms with Crippen molar-refractivity contribution in [1.82, 2.24) is 10.2 Å². The van der Waals surface area contributed by atoms with E-state index >= 15 is 0 Å². The van der Waals surface area contributed by atoms with Crippen LogP contribution in [0, 0.1) is 11.3 Å². The molecule has 0 unspecified atom stereocenters. The minimum Gasteiger partial charge on any atom is -0.316 e. The summed E-state index contributed by atoms with van der Waals surface area (Å²) >= 11 is 0. The van der Waals surface area contributed by atoms with E-state index in [0.717, 1.165) is 12.5 Å². The smallest absolute Gasteiger partial charge is 0.00528 e. The summed E-state index contributed by atoms with van der Waals surface area (Å²) in [5.41, 5.74) is 0.534.